The number of amides is 1. The molecule has 1 atom stereocenters. The number of rotatable bonds is 4. The first kappa shape index (κ1) is 14.9. The minimum atomic E-state index is 0.332. The van der Waals surface area contributed by atoms with Gasteiger partial charge in [0.15, 0.2) is 0 Å². The van der Waals surface area contributed by atoms with Gasteiger partial charge in [0.25, 0.3) is 0 Å². The molecule has 2 saturated heterocycles. The first-order valence-electron chi connectivity index (χ1n) is 7.99. The van der Waals surface area contributed by atoms with Gasteiger partial charge in [-0.3, -0.25) is 9.69 Å². The van der Waals surface area contributed by atoms with Gasteiger partial charge in [-0.15, -0.1) is 0 Å². The Morgan fingerprint density at radius 3 is 2.76 bits per heavy atom. The van der Waals surface area contributed by atoms with Crippen LogP contribution in [-0.2, 0) is 11.3 Å². The summed E-state index contributed by atoms with van der Waals surface area (Å²) in [6, 6.07) is 8.57. The monoisotopic (exact) mass is 306 g/mol. The number of nitrogens with zero attached hydrogens (tertiary/aromatic N) is 2. The molecule has 0 aliphatic carbocycles. The van der Waals surface area contributed by atoms with Crippen LogP contribution in [0.1, 0.15) is 37.7 Å². The average molecular weight is 307 g/mol. The molecule has 21 heavy (non-hydrogen) atoms. The third-order valence-electron chi connectivity index (χ3n) is 4.68. The van der Waals surface area contributed by atoms with E-state index >= 15 is 0 Å². The fraction of sp³-hybridized carbons (Fsp3) is 0.588. The summed E-state index contributed by atoms with van der Waals surface area (Å²) < 4.78 is 0. The highest BCUT2D eigenvalue weighted by molar-refractivity contribution is 6.31. The zero-order valence-electron chi connectivity index (χ0n) is 12.4. The molecule has 3 nitrogen and oxygen atoms in total. The van der Waals surface area contributed by atoms with Gasteiger partial charge < -0.3 is 4.90 Å². The summed E-state index contributed by atoms with van der Waals surface area (Å²) in [5, 5.41) is 0.846. The number of likely N-dealkylation sites (tertiary alicyclic amines) is 2. The van der Waals surface area contributed by atoms with Gasteiger partial charge in [0, 0.05) is 37.1 Å². The first-order valence-corrected chi connectivity index (χ1v) is 8.37. The molecule has 114 valence electrons. The highest BCUT2D eigenvalue weighted by Gasteiger charge is 2.28. The van der Waals surface area contributed by atoms with E-state index in [2.05, 4.69) is 15.9 Å². The molecule has 2 fully saturated rings. The highest BCUT2D eigenvalue weighted by atomic mass is 35.5. The molecule has 2 aliphatic rings. The van der Waals surface area contributed by atoms with Crippen LogP contribution >= 0.6 is 11.6 Å². The van der Waals surface area contributed by atoms with E-state index in [4.69, 9.17) is 11.6 Å². The van der Waals surface area contributed by atoms with Crippen molar-refractivity contribution >= 4 is 17.5 Å². The molecule has 1 unspecified atom stereocenters. The van der Waals surface area contributed by atoms with Crippen molar-refractivity contribution in [2.24, 2.45) is 0 Å². The van der Waals surface area contributed by atoms with Crippen LogP contribution in [0.4, 0.5) is 0 Å². The van der Waals surface area contributed by atoms with Crippen LogP contribution in [0.25, 0.3) is 0 Å². The van der Waals surface area contributed by atoms with Gasteiger partial charge in [-0.25, -0.2) is 0 Å². The van der Waals surface area contributed by atoms with Crippen molar-refractivity contribution in [3.8, 4) is 0 Å². The van der Waals surface area contributed by atoms with E-state index in [9.17, 15) is 4.79 Å². The average Bonchev–Trinajstić information content (AvgIpc) is 2.89. The van der Waals surface area contributed by atoms with Gasteiger partial charge in [-0.05, 0) is 37.4 Å². The van der Waals surface area contributed by atoms with Crippen LogP contribution < -0.4 is 0 Å². The van der Waals surface area contributed by atoms with Crippen LogP contribution in [0.2, 0.25) is 5.02 Å². The molecule has 0 saturated carbocycles. The molecule has 1 amide bonds. The number of piperidine rings is 1. The quantitative estimate of drug-likeness (QED) is 0.852. The van der Waals surface area contributed by atoms with Crippen molar-refractivity contribution in [1.29, 1.82) is 0 Å². The molecule has 0 N–H and O–H groups in total. The maximum absolute atomic E-state index is 11.9. The standard InChI is InChI=1S/C17H23ClN2O/c18-16-8-2-1-6-14(16)12-19-10-4-3-7-15(19)13-20-11-5-9-17(20)21/h1-2,6,8,15H,3-5,7,9-13H2. The predicted octanol–water partition coefficient (Wildman–Crippen LogP) is 3.32. The van der Waals surface area contributed by atoms with Crippen molar-refractivity contribution < 1.29 is 4.79 Å². The van der Waals surface area contributed by atoms with Crippen LogP contribution in [0.15, 0.2) is 24.3 Å². The van der Waals surface area contributed by atoms with Gasteiger partial charge in [-0.1, -0.05) is 36.2 Å². The minimum absolute atomic E-state index is 0.332. The van der Waals surface area contributed by atoms with Crippen LogP contribution in [0.3, 0.4) is 0 Å². The Balaban J connectivity index is 1.66. The van der Waals surface area contributed by atoms with E-state index < -0.39 is 0 Å². The third kappa shape index (κ3) is 3.58. The highest BCUT2D eigenvalue weighted by Crippen LogP contribution is 2.24. The lowest BCUT2D eigenvalue weighted by molar-refractivity contribution is -0.128. The van der Waals surface area contributed by atoms with Gasteiger partial charge >= 0.3 is 0 Å². The normalized spacial score (nSPS) is 23.8. The van der Waals surface area contributed by atoms with Gasteiger partial charge in [0.05, 0.1) is 0 Å². The second-order valence-electron chi connectivity index (χ2n) is 6.15. The van der Waals surface area contributed by atoms with Crippen LogP contribution in [0.5, 0.6) is 0 Å². The lowest BCUT2D eigenvalue weighted by Gasteiger charge is -2.38. The van der Waals surface area contributed by atoms with Gasteiger partial charge in [0.2, 0.25) is 5.91 Å². The maximum atomic E-state index is 11.9. The van der Waals surface area contributed by atoms with Crippen molar-refractivity contribution in [3.63, 3.8) is 0 Å². The van der Waals surface area contributed by atoms with Crippen molar-refractivity contribution in [2.45, 2.75) is 44.7 Å². The Morgan fingerprint density at radius 2 is 2.00 bits per heavy atom. The molecule has 0 radical (unpaired) electrons. The molecular weight excluding hydrogens is 284 g/mol. The molecule has 2 aliphatic heterocycles. The minimum Gasteiger partial charge on any atom is -0.341 e. The Morgan fingerprint density at radius 1 is 1.14 bits per heavy atom. The number of benzene rings is 1. The van der Waals surface area contributed by atoms with Gasteiger partial charge in [0.1, 0.15) is 0 Å². The number of carbonyl (C=O) groups is 1. The van der Waals surface area contributed by atoms with Gasteiger partial charge in [-0.2, -0.15) is 0 Å². The summed E-state index contributed by atoms with van der Waals surface area (Å²) >= 11 is 6.29. The van der Waals surface area contributed by atoms with Crippen molar-refractivity contribution in [2.75, 3.05) is 19.6 Å². The molecular formula is C17H23ClN2O. The Hall–Kier alpha value is -1.06. The lowest BCUT2D eigenvalue weighted by atomic mass is 10.0. The van der Waals surface area contributed by atoms with Crippen molar-refractivity contribution in [1.82, 2.24) is 9.80 Å². The zero-order chi connectivity index (χ0) is 14.7. The van der Waals surface area contributed by atoms with E-state index in [-0.39, 0.29) is 0 Å². The fourth-order valence-corrected chi connectivity index (χ4v) is 3.67. The summed E-state index contributed by atoms with van der Waals surface area (Å²) in [4.78, 5) is 16.4. The van der Waals surface area contributed by atoms with Crippen LogP contribution in [0, 0.1) is 0 Å². The summed E-state index contributed by atoms with van der Waals surface area (Å²) in [7, 11) is 0. The lowest BCUT2D eigenvalue weighted by Crippen LogP contribution is -2.46. The number of halogens is 1. The third-order valence-corrected chi connectivity index (χ3v) is 5.05. The molecule has 1 aromatic carbocycles. The summed E-state index contributed by atoms with van der Waals surface area (Å²) in [5.74, 6) is 0.332. The Labute approximate surface area is 131 Å². The molecule has 0 aromatic heterocycles. The Bertz CT molecular complexity index is 505. The zero-order valence-corrected chi connectivity index (χ0v) is 13.2. The summed E-state index contributed by atoms with van der Waals surface area (Å²) in [6.07, 6.45) is 5.46. The molecule has 0 bridgehead atoms. The second-order valence-corrected chi connectivity index (χ2v) is 6.56. The summed E-state index contributed by atoms with van der Waals surface area (Å²) in [6.45, 7) is 3.84. The second kappa shape index (κ2) is 6.80. The molecule has 2 heterocycles. The largest absolute Gasteiger partial charge is 0.341 e. The van der Waals surface area contributed by atoms with Crippen molar-refractivity contribution in [3.05, 3.63) is 34.9 Å². The molecule has 4 heteroatoms. The maximum Gasteiger partial charge on any atom is 0.222 e. The molecule has 1 aromatic rings. The number of carbonyl (C=O) groups excluding carboxylic acids is 1. The van der Waals surface area contributed by atoms with E-state index in [1.807, 2.05) is 18.2 Å². The van der Waals surface area contributed by atoms with Crippen LogP contribution in [-0.4, -0.2) is 41.4 Å². The van der Waals surface area contributed by atoms with E-state index in [1.54, 1.807) is 0 Å². The Kier molecular flexibility index (Phi) is 4.81. The predicted molar refractivity (Wildman–Crippen MR) is 85.3 cm³/mol. The van der Waals surface area contributed by atoms with E-state index in [0.29, 0.717) is 11.9 Å². The smallest absolute Gasteiger partial charge is 0.222 e. The molecule has 3 rings (SSSR count). The SMILES string of the molecule is O=C1CCCN1CC1CCCCN1Cc1ccccc1Cl. The summed E-state index contributed by atoms with van der Waals surface area (Å²) in [5.41, 5.74) is 1.19. The van der Waals surface area contributed by atoms with E-state index in [0.717, 1.165) is 44.0 Å². The topological polar surface area (TPSA) is 23.6 Å². The first-order chi connectivity index (χ1) is 10.2. The number of hydrogen-bond donors (Lipinski definition) is 0. The fourth-order valence-electron chi connectivity index (χ4n) is 3.47. The number of hydrogen-bond acceptors (Lipinski definition) is 2. The molecule has 0 spiro atoms. The van der Waals surface area contributed by atoms with E-state index in [1.165, 1.54) is 24.8 Å².